The van der Waals surface area contributed by atoms with Crippen molar-refractivity contribution in [2.45, 2.75) is 5.25 Å². The van der Waals surface area contributed by atoms with Gasteiger partial charge >= 0.3 is 0 Å². The molecule has 0 aliphatic carbocycles. The molecule has 1 aliphatic heterocycles. The number of carbonyl (C=O) groups excluding carboxylic acids is 1. The maximum atomic E-state index is 12.0. The number of hydrogen-bond acceptors (Lipinski definition) is 4. The number of allylic oxidation sites excluding steroid dienone is 1. The van der Waals surface area contributed by atoms with Crippen LogP contribution < -0.4 is 4.74 Å². The third-order valence-corrected chi connectivity index (χ3v) is 3.89. The average Bonchev–Trinajstić information content (AvgIpc) is 3.17. The third-order valence-electron chi connectivity index (χ3n) is 2.95. The monoisotopic (exact) mass is 286 g/mol. The first-order valence-corrected chi connectivity index (χ1v) is 7.45. The zero-order chi connectivity index (χ0) is 13.8. The van der Waals surface area contributed by atoms with Crippen molar-refractivity contribution >= 4 is 23.6 Å². The van der Waals surface area contributed by atoms with Crippen molar-refractivity contribution in [1.82, 2.24) is 0 Å². The standard InChI is InChI=1S/C16H14O3S/c17-16(6-1-12-7-8-18-9-12)13-2-4-14(5-3-13)19-10-15-11-20-15/h1-9,15H,10-11H2/b6-1+. The second kappa shape index (κ2) is 6.01. The Morgan fingerprint density at radius 2 is 2.15 bits per heavy atom. The van der Waals surface area contributed by atoms with E-state index in [-0.39, 0.29) is 5.78 Å². The summed E-state index contributed by atoms with van der Waals surface area (Å²) < 4.78 is 10.6. The second-order valence-corrected chi connectivity index (χ2v) is 5.88. The van der Waals surface area contributed by atoms with Gasteiger partial charge < -0.3 is 9.15 Å². The number of rotatable bonds is 6. The van der Waals surface area contributed by atoms with Crippen LogP contribution in [0.1, 0.15) is 15.9 Å². The summed E-state index contributed by atoms with van der Waals surface area (Å²) in [4.78, 5) is 12.0. The van der Waals surface area contributed by atoms with Gasteiger partial charge in [-0.15, -0.1) is 0 Å². The van der Waals surface area contributed by atoms with Crippen molar-refractivity contribution < 1.29 is 13.9 Å². The summed E-state index contributed by atoms with van der Waals surface area (Å²) in [7, 11) is 0. The fraction of sp³-hybridized carbons (Fsp3) is 0.188. The molecular weight excluding hydrogens is 272 g/mol. The average molecular weight is 286 g/mol. The molecule has 1 saturated heterocycles. The molecule has 4 heteroatoms. The Kier molecular flexibility index (Phi) is 3.92. The summed E-state index contributed by atoms with van der Waals surface area (Å²) in [6.45, 7) is 0.748. The molecule has 2 heterocycles. The van der Waals surface area contributed by atoms with Crippen LogP contribution in [0.25, 0.3) is 6.08 Å². The molecule has 1 unspecified atom stereocenters. The molecule has 3 rings (SSSR count). The molecule has 0 amide bonds. The molecular formula is C16H14O3S. The van der Waals surface area contributed by atoms with Gasteiger partial charge in [-0.25, -0.2) is 0 Å². The van der Waals surface area contributed by atoms with E-state index in [1.165, 1.54) is 5.75 Å². The van der Waals surface area contributed by atoms with E-state index in [1.807, 2.05) is 23.9 Å². The van der Waals surface area contributed by atoms with Gasteiger partial charge in [0.1, 0.15) is 12.4 Å². The molecule has 1 aromatic carbocycles. The van der Waals surface area contributed by atoms with E-state index in [2.05, 4.69) is 0 Å². The molecule has 2 aromatic rings. The minimum Gasteiger partial charge on any atom is -0.492 e. The highest BCUT2D eigenvalue weighted by Gasteiger charge is 2.22. The van der Waals surface area contributed by atoms with Gasteiger partial charge in [-0.05, 0) is 42.5 Å². The van der Waals surface area contributed by atoms with E-state index >= 15 is 0 Å². The Balaban J connectivity index is 1.59. The Labute approximate surface area is 121 Å². The number of ether oxygens (including phenoxy) is 1. The molecule has 1 atom stereocenters. The van der Waals surface area contributed by atoms with Crippen molar-refractivity contribution in [3.05, 3.63) is 60.1 Å². The summed E-state index contributed by atoms with van der Waals surface area (Å²) in [5, 5.41) is 0.647. The number of thioether (sulfide) groups is 1. The van der Waals surface area contributed by atoms with Gasteiger partial charge in [0, 0.05) is 22.1 Å². The van der Waals surface area contributed by atoms with Crippen LogP contribution in [0.4, 0.5) is 0 Å². The lowest BCUT2D eigenvalue weighted by Gasteiger charge is -2.04. The highest BCUT2D eigenvalue weighted by atomic mass is 32.2. The van der Waals surface area contributed by atoms with E-state index in [9.17, 15) is 4.79 Å². The first-order chi connectivity index (χ1) is 9.81. The third kappa shape index (κ3) is 3.54. The van der Waals surface area contributed by atoms with Crippen LogP contribution >= 0.6 is 11.8 Å². The molecule has 1 aromatic heterocycles. The fourth-order valence-electron chi connectivity index (χ4n) is 1.71. The van der Waals surface area contributed by atoms with E-state index in [0.29, 0.717) is 10.8 Å². The van der Waals surface area contributed by atoms with Gasteiger partial charge in [0.25, 0.3) is 0 Å². The maximum absolute atomic E-state index is 12.0. The van der Waals surface area contributed by atoms with Gasteiger partial charge in [0.2, 0.25) is 0 Å². The number of ketones is 1. The minimum atomic E-state index is -0.0319. The number of carbonyl (C=O) groups is 1. The molecule has 0 bridgehead atoms. The lowest BCUT2D eigenvalue weighted by molar-refractivity contribution is 0.104. The summed E-state index contributed by atoms with van der Waals surface area (Å²) in [6, 6.07) is 9.06. The molecule has 20 heavy (non-hydrogen) atoms. The van der Waals surface area contributed by atoms with Crippen LogP contribution in [0, 0.1) is 0 Å². The maximum Gasteiger partial charge on any atom is 0.185 e. The number of furan rings is 1. The minimum absolute atomic E-state index is 0.0319. The molecule has 0 spiro atoms. The zero-order valence-corrected chi connectivity index (χ0v) is 11.6. The largest absolute Gasteiger partial charge is 0.492 e. The first-order valence-electron chi connectivity index (χ1n) is 6.40. The van der Waals surface area contributed by atoms with Crippen LogP contribution in [-0.2, 0) is 0 Å². The fourth-order valence-corrected chi connectivity index (χ4v) is 2.10. The Hall–Kier alpha value is -1.94. The molecule has 3 nitrogen and oxygen atoms in total. The van der Waals surface area contributed by atoms with Crippen LogP contribution in [0.2, 0.25) is 0 Å². The number of benzene rings is 1. The summed E-state index contributed by atoms with van der Waals surface area (Å²) in [5.74, 6) is 1.97. The SMILES string of the molecule is O=C(/C=C/c1ccoc1)c1ccc(OCC2CS2)cc1. The summed E-state index contributed by atoms with van der Waals surface area (Å²) >= 11 is 1.90. The van der Waals surface area contributed by atoms with Crippen molar-refractivity contribution in [2.24, 2.45) is 0 Å². The Morgan fingerprint density at radius 3 is 2.80 bits per heavy atom. The normalized spacial score (nSPS) is 17.3. The van der Waals surface area contributed by atoms with Gasteiger partial charge in [-0.3, -0.25) is 4.79 Å². The number of hydrogen-bond donors (Lipinski definition) is 0. The van der Waals surface area contributed by atoms with Crippen molar-refractivity contribution in [2.75, 3.05) is 12.4 Å². The molecule has 1 aliphatic rings. The molecule has 0 saturated carbocycles. The predicted octanol–water partition coefficient (Wildman–Crippen LogP) is 3.67. The zero-order valence-electron chi connectivity index (χ0n) is 10.8. The van der Waals surface area contributed by atoms with Crippen LogP contribution in [0.5, 0.6) is 5.75 Å². The highest BCUT2D eigenvalue weighted by molar-refractivity contribution is 8.06. The van der Waals surface area contributed by atoms with Crippen molar-refractivity contribution in [3.8, 4) is 5.75 Å². The molecule has 0 radical (unpaired) electrons. The summed E-state index contributed by atoms with van der Waals surface area (Å²) in [6.07, 6.45) is 6.45. The van der Waals surface area contributed by atoms with Gasteiger partial charge in [0.05, 0.1) is 12.5 Å². The van der Waals surface area contributed by atoms with E-state index in [4.69, 9.17) is 9.15 Å². The van der Waals surface area contributed by atoms with Crippen LogP contribution in [0.15, 0.2) is 53.4 Å². The first kappa shape index (κ1) is 13.1. The predicted molar refractivity (Wildman–Crippen MR) is 80.3 cm³/mol. The summed E-state index contributed by atoms with van der Waals surface area (Å²) in [5.41, 5.74) is 1.53. The molecule has 1 fully saturated rings. The second-order valence-electron chi connectivity index (χ2n) is 4.54. The molecule has 102 valence electrons. The quantitative estimate of drug-likeness (QED) is 0.461. The van der Waals surface area contributed by atoms with Gasteiger partial charge in [0.15, 0.2) is 5.78 Å². The van der Waals surface area contributed by atoms with Crippen molar-refractivity contribution in [1.29, 1.82) is 0 Å². The van der Waals surface area contributed by atoms with Crippen molar-refractivity contribution in [3.63, 3.8) is 0 Å². The van der Waals surface area contributed by atoms with Gasteiger partial charge in [-0.2, -0.15) is 11.8 Å². The van der Waals surface area contributed by atoms with E-state index < -0.39 is 0 Å². The Morgan fingerprint density at radius 1 is 1.35 bits per heavy atom. The lowest BCUT2D eigenvalue weighted by atomic mass is 10.1. The Bertz CT molecular complexity index is 595. The highest BCUT2D eigenvalue weighted by Crippen LogP contribution is 2.30. The topological polar surface area (TPSA) is 39.4 Å². The van der Waals surface area contributed by atoms with Crippen LogP contribution in [-0.4, -0.2) is 23.4 Å². The van der Waals surface area contributed by atoms with E-state index in [1.54, 1.807) is 42.9 Å². The van der Waals surface area contributed by atoms with E-state index in [0.717, 1.165) is 17.9 Å². The molecule has 0 N–H and O–H groups in total. The van der Waals surface area contributed by atoms with Crippen LogP contribution in [0.3, 0.4) is 0 Å². The lowest BCUT2D eigenvalue weighted by Crippen LogP contribution is -2.03. The van der Waals surface area contributed by atoms with Gasteiger partial charge in [-0.1, -0.05) is 0 Å². The smallest absolute Gasteiger partial charge is 0.185 e.